The van der Waals surface area contributed by atoms with Crippen LogP contribution in [-0.2, 0) is 24.2 Å². The van der Waals surface area contributed by atoms with E-state index in [-0.39, 0.29) is 24.7 Å². The van der Waals surface area contributed by atoms with E-state index < -0.39 is 34.2 Å². The third kappa shape index (κ3) is 4.26. The molecule has 0 radical (unpaired) electrons. The highest BCUT2D eigenvalue weighted by Crippen LogP contribution is 2.18. The first-order chi connectivity index (χ1) is 8.35. The maximum Gasteiger partial charge on any atom is 0.312 e. The van der Waals surface area contributed by atoms with Crippen molar-refractivity contribution in [1.82, 2.24) is 4.90 Å². The fourth-order valence-electron chi connectivity index (χ4n) is 1.95. The Labute approximate surface area is 106 Å². The summed E-state index contributed by atoms with van der Waals surface area (Å²) in [6.45, 7) is 0.463. The number of carbonyl (C=O) groups is 2. The SMILES string of the molecule is COCCN(C(=O)CC(=O)O)C1CCS(=O)(=O)C1. The van der Waals surface area contributed by atoms with Crippen molar-refractivity contribution in [3.05, 3.63) is 0 Å². The highest BCUT2D eigenvalue weighted by molar-refractivity contribution is 7.91. The van der Waals surface area contributed by atoms with E-state index in [1.165, 1.54) is 12.0 Å². The molecule has 1 saturated heterocycles. The van der Waals surface area contributed by atoms with Crippen LogP contribution in [0.2, 0.25) is 0 Å². The number of carbonyl (C=O) groups excluding carboxylic acids is 1. The lowest BCUT2D eigenvalue weighted by Crippen LogP contribution is -2.43. The van der Waals surface area contributed by atoms with Crippen LogP contribution in [0.25, 0.3) is 0 Å². The van der Waals surface area contributed by atoms with E-state index in [0.717, 1.165) is 0 Å². The van der Waals surface area contributed by atoms with E-state index in [1.807, 2.05) is 0 Å². The van der Waals surface area contributed by atoms with Gasteiger partial charge in [0, 0.05) is 19.7 Å². The van der Waals surface area contributed by atoms with Crippen LogP contribution in [-0.4, -0.2) is 68.1 Å². The molecule has 1 aliphatic heterocycles. The van der Waals surface area contributed by atoms with E-state index in [4.69, 9.17) is 9.84 Å². The highest BCUT2D eigenvalue weighted by Gasteiger charge is 2.34. The summed E-state index contributed by atoms with van der Waals surface area (Å²) in [5, 5.41) is 8.61. The summed E-state index contributed by atoms with van der Waals surface area (Å²) >= 11 is 0. The largest absolute Gasteiger partial charge is 0.481 e. The van der Waals surface area contributed by atoms with Gasteiger partial charge in [-0.3, -0.25) is 9.59 Å². The maximum atomic E-state index is 11.8. The Morgan fingerprint density at radius 3 is 2.56 bits per heavy atom. The van der Waals surface area contributed by atoms with Crippen LogP contribution >= 0.6 is 0 Å². The standard InChI is InChI=1S/C10H17NO6S/c1-17-4-3-11(9(12)6-10(13)14)8-2-5-18(15,16)7-8/h8H,2-7H2,1H3,(H,13,14). The van der Waals surface area contributed by atoms with Gasteiger partial charge >= 0.3 is 5.97 Å². The lowest BCUT2D eigenvalue weighted by molar-refractivity contribution is -0.145. The number of nitrogens with zero attached hydrogens (tertiary/aromatic N) is 1. The van der Waals surface area contributed by atoms with Crippen molar-refractivity contribution in [2.45, 2.75) is 18.9 Å². The molecule has 1 N–H and O–H groups in total. The van der Waals surface area contributed by atoms with Gasteiger partial charge in [-0.05, 0) is 6.42 Å². The van der Waals surface area contributed by atoms with Crippen molar-refractivity contribution in [1.29, 1.82) is 0 Å². The van der Waals surface area contributed by atoms with Gasteiger partial charge in [0.15, 0.2) is 9.84 Å². The molecule has 0 aliphatic carbocycles. The minimum absolute atomic E-state index is 0.0432. The Bertz CT molecular complexity index is 418. The second kappa shape index (κ2) is 6.14. The second-order valence-electron chi connectivity index (χ2n) is 4.21. The first-order valence-corrected chi connectivity index (χ1v) is 7.38. The smallest absolute Gasteiger partial charge is 0.312 e. The van der Waals surface area contributed by atoms with Crippen molar-refractivity contribution in [3.63, 3.8) is 0 Å². The lowest BCUT2D eigenvalue weighted by atomic mass is 10.2. The van der Waals surface area contributed by atoms with Gasteiger partial charge in [0.25, 0.3) is 0 Å². The molecule has 0 aromatic rings. The van der Waals surface area contributed by atoms with Gasteiger partial charge in [-0.2, -0.15) is 0 Å². The number of aliphatic carboxylic acids is 1. The van der Waals surface area contributed by atoms with Crippen LogP contribution in [0.3, 0.4) is 0 Å². The van der Waals surface area contributed by atoms with Crippen LogP contribution in [0.5, 0.6) is 0 Å². The van der Waals surface area contributed by atoms with E-state index in [2.05, 4.69) is 0 Å². The molecular formula is C10H17NO6S. The molecule has 0 spiro atoms. The molecule has 0 bridgehead atoms. The van der Waals surface area contributed by atoms with E-state index in [1.54, 1.807) is 0 Å². The quantitative estimate of drug-likeness (QED) is 0.634. The van der Waals surface area contributed by atoms with Crippen molar-refractivity contribution >= 4 is 21.7 Å². The molecule has 1 amide bonds. The summed E-state index contributed by atoms with van der Waals surface area (Å²) in [6, 6.07) is -0.433. The summed E-state index contributed by atoms with van der Waals surface area (Å²) in [7, 11) is -1.65. The molecule has 104 valence electrons. The molecule has 18 heavy (non-hydrogen) atoms. The Morgan fingerprint density at radius 2 is 2.11 bits per heavy atom. The average Bonchev–Trinajstić information content (AvgIpc) is 2.58. The number of sulfone groups is 1. The number of hydrogen-bond acceptors (Lipinski definition) is 5. The molecule has 1 rings (SSSR count). The van der Waals surface area contributed by atoms with Crippen molar-refractivity contribution in [2.75, 3.05) is 31.8 Å². The summed E-state index contributed by atoms with van der Waals surface area (Å²) in [5.74, 6) is -1.84. The van der Waals surface area contributed by atoms with Gasteiger partial charge in [0.05, 0.1) is 18.1 Å². The van der Waals surface area contributed by atoms with E-state index >= 15 is 0 Å². The molecule has 1 fully saturated rings. The number of amides is 1. The Morgan fingerprint density at radius 1 is 1.44 bits per heavy atom. The monoisotopic (exact) mass is 279 g/mol. The van der Waals surface area contributed by atoms with Crippen LogP contribution < -0.4 is 0 Å². The minimum Gasteiger partial charge on any atom is -0.481 e. The second-order valence-corrected chi connectivity index (χ2v) is 6.44. The fourth-order valence-corrected chi connectivity index (χ4v) is 3.68. The van der Waals surface area contributed by atoms with Crippen molar-refractivity contribution in [2.24, 2.45) is 0 Å². The number of methoxy groups -OCH3 is 1. The molecule has 1 heterocycles. The van der Waals surface area contributed by atoms with Crippen LogP contribution in [0.1, 0.15) is 12.8 Å². The molecule has 0 saturated carbocycles. The lowest BCUT2D eigenvalue weighted by Gasteiger charge is -2.27. The number of hydrogen-bond donors (Lipinski definition) is 1. The number of carboxylic acid groups (broad SMARTS) is 1. The third-order valence-electron chi connectivity index (χ3n) is 2.81. The number of carboxylic acids is 1. The highest BCUT2D eigenvalue weighted by atomic mass is 32.2. The van der Waals surface area contributed by atoms with E-state index in [9.17, 15) is 18.0 Å². The van der Waals surface area contributed by atoms with Crippen LogP contribution in [0.4, 0.5) is 0 Å². The summed E-state index contributed by atoms with van der Waals surface area (Å²) in [5.41, 5.74) is 0. The van der Waals surface area contributed by atoms with Gasteiger partial charge in [-0.15, -0.1) is 0 Å². The Hall–Kier alpha value is -1.15. The summed E-state index contributed by atoms with van der Waals surface area (Å²) < 4.78 is 27.6. The topological polar surface area (TPSA) is 101 Å². The number of rotatable bonds is 6. The van der Waals surface area contributed by atoms with Gasteiger partial charge < -0.3 is 14.7 Å². The van der Waals surface area contributed by atoms with Gasteiger partial charge in [-0.25, -0.2) is 8.42 Å². The van der Waals surface area contributed by atoms with Crippen LogP contribution in [0, 0.1) is 0 Å². The van der Waals surface area contributed by atoms with Gasteiger partial charge in [0.2, 0.25) is 5.91 Å². The zero-order valence-electron chi connectivity index (χ0n) is 10.2. The Kier molecular flexibility index (Phi) is 5.09. The maximum absolute atomic E-state index is 11.8. The minimum atomic E-state index is -3.11. The fraction of sp³-hybridized carbons (Fsp3) is 0.800. The summed E-state index contributed by atoms with van der Waals surface area (Å²) in [4.78, 5) is 23.6. The summed E-state index contributed by atoms with van der Waals surface area (Å²) in [6.07, 6.45) is -0.266. The average molecular weight is 279 g/mol. The van der Waals surface area contributed by atoms with Crippen molar-refractivity contribution in [3.8, 4) is 0 Å². The predicted molar refractivity (Wildman–Crippen MR) is 62.9 cm³/mol. The van der Waals surface area contributed by atoms with Gasteiger partial charge in [0.1, 0.15) is 6.42 Å². The normalized spacial score (nSPS) is 21.7. The van der Waals surface area contributed by atoms with E-state index in [0.29, 0.717) is 6.42 Å². The molecule has 0 aromatic carbocycles. The van der Waals surface area contributed by atoms with Crippen LogP contribution in [0.15, 0.2) is 0 Å². The molecule has 8 heteroatoms. The zero-order valence-corrected chi connectivity index (χ0v) is 11.0. The Balaban J connectivity index is 2.72. The van der Waals surface area contributed by atoms with Crippen molar-refractivity contribution < 1.29 is 27.9 Å². The molecule has 1 atom stereocenters. The molecule has 1 aliphatic rings. The third-order valence-corrected chi connectivity index (χ3v) is 4.56. The molecule has 7 nitrogen and oxygen atoms in total. The molecule has 1 unspecified atom stereocenters. The zero-order chi connectivity index (χ0) is 13.8. The molecule has 0 aromatic heterocycles. The first kappa shape index (κ1) is 14.9. The predicted octanol–water partition coefficient (Wildman–Crippen LogP) is -0.877. The molecular weight excluding hydrogens is 262 g/mol. The number of ether oxygens (including phenoxy) is 1. The first-order valence-electron chi connectivity index (χ1n) is 5.56. The van der Waals surface area contributed by atoms with Gasteiger partial charge in [-0.1, -0.05) is 0 Å².